The fourth-order valence-electron chi connectivity index (χ4n) is 2.83. The van der Waals surface area contributed by atoms with Gasteiger partial charge in [0, 0.05) is 18.1 Å². The van der Waals surface area contributed by atoms with Gasteiger partial charge in [0.15, 0.2) is 11.5 Å². The Hall–Kier alpha value is -3.42. The number of ether oxygens (including phenoxy) is 4. The minimum absolute atomic E-state index is 0.327. The molecule has 0 aromatic heterocycles. The summed E-state index contributed by atoms with van der Waals surface area (Å²) in [5.41, 5.74) is 1.95. The molecule has 0 spiro atoms. The van der Waals surface area contributed by atoms with Gasteiger partial charge in [-0.2, -0.15) is 0 Å². The average Bonchev–Trinajstić information content (AvgIpc) is 3.23. The first kappa shape index (κ1) is 19.3. The number of hydrogen-bond acceptors (Lipinski definition) is 7. The van der Waals surface area contributed by atoms with Gasteiger partial charge in [-0.05, 0) is 30.3 Å². The lowest BCUT2D eigenvalue weighted by atomic mass is 10.0. The molecule has 1 atom stereocenters. The molecular weight excluding hydrogens is 364 g/mol. The molecule has 0 fully saturated rings. The van der Waals surface area contributed by atoms with Gasteiger partial charge in [-0.1, -0.05) is 5.16 Å². The summed E-state index contributed by atoms with van der Waals surface area (Å²) in [5, 5.41) is 6.86. The Morgan fingerprint density at radius 1 is 0.964 bits per heavy atom. The van der Waals surface area contributed by atoms with Crippen molar-refractivity contribution in [3.05, 3.63) is 42.0 Å². The van der Waals surface area contributed by atoms with E-state index >= 15 is 0 Å². The van der Waals surface area contributed by atoms with Gasteiger partial charge in [0.05, 0.1) is 39.8 Å². The highest BCUT2D eigenvalue weighted by Gasteiger charge is 2.30. The van der Waals surface area contributed by atoms with Crippen LogP contribution in [0, 0.1) is 0 Å². The largest absolute Gasteiger partial charge is 0.497 e. The van der Waals surface area contributed by atoms with Crippen molar-refractivity contribution >= 4 is 17.3 Å². The zero-order valence-corrected chi connectivity index (χ0v) is 16.1. The van der Waals surface area contributed by atoms with Gasteiger partial charge in [-0.25, -0.2) is 0 Å². The fourth-order valence-corrected chi connectivity index (χ4v) is 2.83. The third-order valence-electron chi connectivity index (χ3n) is 4.34. The Labute approximate surface area is 163 Å². The Kier molecular flexibility index (Phi) is 5.88. The molecule has 8 heteroatoms. The topological polar surface area (TPSA) is 87.6 Å². The van der Waals surface area contributed by atoms with Crippen LogP contribution >= 0.6 is 0 Å². The van der Waals surface area contributed by atoms with Gasteiger partial charge < -0.3 is 29.1 Å². The number of oxime groups is 1. The van der Waals surface area contributed by atoms with Crippen LogP contribution in [0.15, 0.2) is 41.6 Å². The monoisotopic (exact) mass is 386 g/mol. The Morgan fingerprint density at radius 3 is 2.36 bits per heavy atom. The van der Waals surface area contributed by atoms with Crippen LogP contribution in [0.1, 0.15) is 12.0 Å². The second kappa shape index (κ2) is 8.51. The van der Waals surface area contributed by atoms with Crippen molar-refractivity contribution in [2.45, 2.75) is 12.5 Å². The van der Waals surface area contributed by atoms with Crippen molar-refractivity contribution in [2.75, 3.05) is 33.8 Å². The maximum absolute atomic E-state index is 12.6. The van der Waals surface area contributed by atoms with E-state index in [1.54, 1.807) is 51.7 Å². The Morgan fingerprint density at radius 2 is 1.68 bits per heavy atom. The first-order chi connectivity index (χ1) is 13.6. The highest BCUT2D eigenvalue weighted by atomic mass is 16.6. The molecule has 0 aliphatic carbocycles. The highest BCUT2D eigenvalue weighted by Crippen LogP contribution is 2.31. The van der Waals surface area contributed by atoms with Crippen LogP contribution in [0.2, 0.25) is 0 Å². The predicted octanol–water partition coefficient (Wildman–Crippen LogP) is 2.85. The number of benzene rings is 2. The third kappa shape index (κ3) is 3.95. The minimum atomic E-state index is -0.751. The quantitative estimate of drug-likeness (QED) is 0.787. The molecule has 1 N–H and O–H groups in total. The van der Waals surface area contributed by atoms with Crippen LogP contribution in [0.4, 0.5) is 5.69 Å². The number of methoxy groups -OCH3 is 4. The van der Waals surface area contributed by atoms with Crippen LogP contribution in [0.25, 0.3) is 0 Å². The van der Waals surface area contributed by atoms with E-state index in [9.17, 15) is 4.79 Å². The summed E-state index contributed by atoms with van der Waals surface area (Å²) in [6.45, 7) is 0. The summed E-state index contributed by atoms with van der Waals surface area (Å²) in [6, 6.07) is 10.6. The number of amides is 1. The smallest absolute Gasteiger partial charge is 0.268 e. The number of carbonyl (C=O) groups excluding carboxylic acids is 1. The number of nitrogens with zero attached hydrogens (tertiary/aromatic N) is 1. The lowest BCUT2D eigenvalue weighted by Crippen LogP contribution is -2.28. The molecule has 1 heterocycles. The highest BCUT2D eigenvalue weighted by molar-refractivity contribution is 6.06. The van der Waals surface area contributed by atoms with E-state index in [4.69, 9.17) is 23.8 Å². The Balaban J connectivity index is 1.71. The molecule has 1 amide bonds. The molecule has 1 aliphatic rings. The number of anilines is 1. The number of rotatable bonds is 7. The third-order valence-corrected chi connectivity index (χ3v) is 4.34. The molecule has 8 nitrogen and oxygen atoms in total. The minimum Gasteiger partial charge on any atom is -0.497 e. The molecule has 28 heavy (non-hydrogen) atoms. The molecule has 0 saturated heterocycles. The number of carbonyl (C=O) groups is 1. The van der Waals surface area contributed by atoms with Gasteiger partial charge in [-0.3, -0.25) is 4.79 Å². The van der Waals surface area contributed by atoms with Gasteiger partial charge >= 0.3 is 0 Å². The van der Waals surface area contributed by atoms with Crippen LogP contribution in [0.5, 0.6) is 23.0 Å². The lowest BCUT2D eigenvalue weighted by Gasteiger charge is -2.13. The summed E-state index contributed by atoms with van der Waals surface area (Å²) >= 11 is 0. The normalized spacial score (nSPS) is 15.3. The molecule has 0 radical (unpaired) electrons. The maximum atomic E-state index is 12.6. The lowest BCUT2D eigenvalue weighted by molar-refractivity contribution is -0.125. The molecule has 2 aromatic carbocycles. The number of nitrogens with one attached hydrogen (secondary N) is 1. The van der Waals surface area contributed by atoms with E-state index in [0.717, 1.165) is 5.56 Å². The first-order valence-electron chi connectivity index (χ1n) is 8.57. The van der Waals surface area contributed by atoms with Crippen molar-refractivity contribution in [1.29, 1.82) is 0 Å². The van der Waals surface area contributed by atoms with E-state index in [1.165, 1.54) is 7.11 Å². The van der Waals surface area contributed by atoms with E-state index < -0.39 is 6.10 Å². The predicted molar refractivity (Wildman–Crippen MR) is 104 cm³/mol. The van der Waals surface area contributed by atoms with Crippen LogP contribution < -0.4 is 24.3 Å². The van der Waals surface area contributed by atoms with Crippen LogP contribution in [-0.4, -0.2) is 46.2 Å². The van der Waals surface area contributed by atoms with Gasteiger partial charge in [0.25, 0.3) is 5.91 Å². The average molecular weight is 386 g/mol. The standard InChI is InChI=1S/C20H22N2O6/c1-24-13-6-8-16(25-2)15(10-13)21-20(23)19-11-14(22-28-19)12-5-7-17(26-3)18(9-12)27-4/h5-10,19H,11H2,1-4H3,(H,21,23)/t19-/m0/s1. The number of hydrogen-bond donors (Lipinski definition) is 1. The van der Waals surface area contributed by atoms with Crippen LogP contribution in [0.3, 0.4) is 0 Å². The van der Waals surface area contributed by atoms with Crippen LogP contribution in [-0.2, 0) is 9.63 Å². The van der Waals surface area contributed by atoms with E-state index in [1.807, 2.05) is 6.07 Å². The van der Waals surface area contributed by atoms with Crippen molar-refractivity contribution in [1.82, 2.24) is 0 Å². The van der Waals surface area contributed by atoms with E-state index in [2.05, 4.69) is 10.5 Å². The zero-order chi connectivity index (χ0) is 20.1. The van der Waals surface area contributed by atoms with Crippen molar-refractivity contribution in [3.8, 4) is 23.0 Å². The first-order valence-corrected chi connectivity index (χ1v) is 8.57. The van der Waals surface area contributed by atoms with Crippen molar-refractivity contribution < 1.29 is 28.6 Å². The summed E-state index contributed by atoms with van der Waals surface area (Å²) in [6.07, 6.45) is -0.424. The molecular formula is C20H22N2O6. The Bertz CT molecular complexity index is 896. The van der Waals surface area contributed by atoms with Gasteiger partial charge in [-0.15, -0.1) is 0 Å². The fraction of sp³-hybridized carbons (Fsp3) is 0.300. The molecule has 3 rings (SSSR count). The zero-order valence-electron chi connectivity index (χ0n) is 16.1. The summed E-state index contributed by atoms with van der Waals surface area (Å²) in [7, 11) is 6.21. The summed E-state index contributed by atoms with van der Waals surface area (Å²) in [5.74, 6) is 1.99. The molecule has 0 saturated carbocycles. The molecule has 2 aromatic rings. The van der Waals surface area contributed by atoms with E-state index in [-0.39, 0.29) is 5.91 Å². The molecule has 0 unspecified atom stereocenters. The van der Waals surface area contributed by atoms with Crippen molar-refractivity contribution in [3.63, 3.8) is 0 Å². The SMILES string of the molecule is COc1ccc(OC)c(NC(=O)[C@@H]2CC(c3ccc(OC)c(OC)c3)=NO2)c1. The molecule has 0 bridgehead atoms. The second-order valence-electron chi connectivity index (χ2n) is 5.96. The summed E-state index contributed by atoms with van der Waals surface area (Å²) < 4.78 is 21.0. The van der Waals surface area contributed by atoms with Gasteiger partial charge in [0.1, 0.15) is 11.5 Å². The summed E-state index contributed by atoms with van der Waals surface area (Å²) in [4.78, 5) is 18.0. The second-order valence-corrected chi connectivity index (χ2v) is 5.96. The molecule has 1 aliphatic heterocycles. The van der Waals surface area contributed by atoms with Gasteiger partial charge in [0.2, 0.25) is 6.10 Å². The molecule has 148 valence electrons. The maximum Gasteiger partial charge on any atom is 0.268 e. The van der Waals surface area contributed by atoms with Crippen molar-refractivity contribution in [2.24, 2.45) is 5.16 Å². The van der Waals surface area contributed by atoms with E-state index in [0.29, 0.717) is 40.8 Å².